The number of nitriles is 1. The minimum Gasteiger partial charge on any atom is -0.444 e. The summed E-state index contributed by atoms with van der Waals surface area (Å²) in [6, 6.07) is 12.5. The molecule has 1 heterocycles. The van der Waals surface area contributed by atoms with Gasteiger partial charge >= 0.3 is 6.09 Å². The minimum atomic E-state index is -0.734. The first-order chi connectivity index (χ1) is 16.0. The molecular weight excluding hydrogens is 440 g/mol. The molecule has 0 aliphatic rings. The number of amides is 1. The molecule has 176 valence electrons. The maximum atomic E-state index is 13.5. The van der Waals surface area contributed by atoms with Crippen molar-refractivity contribution in [3.8, 4) is 17.3 Å². The van der Waals surface area contributed by atoms with Gasteiger partial charge in [-0.05, 0) is 44.4 Å². The Balaban J connectivity index is 1.75. The zero-order valence-corrected chi connectivity index (χ0v) is 19.3. The minimum absolute atomic E-state index is 0.0162. The van der Waals surface area contributed by atoms with Gasteiger partial charge in [0.05, 0.1) is 17.5 Å². The van der Waals surface area contributed by atoms with E-state index in [1.807, 2.05) is 31.2 Å². The van der Waals surface area contributed by atoms with E-state index in [0.717, 1.165) is 23.8 Å². The molecule has 7 nitrogen and oxygen atoms in total. The molecule has 1 unspecified atom stereocenters. The number of nitrogens with zero attached hydrogens (tertiary/aromatic N) is 3. The summed E-state index contributed by atoms with van der Waals surface area (Å²) in [4.78, 5) is 20.3. The fourth-order valence-corrected chi connectivity index (χ4v) is 3.14. The van der Waals surface area contributed by atoms with Gasteiger partial charge < -0.3 is 15.4 Å². The second kappa shape index (κ2) is 10.3. The summed E-state index contributed by atoms with van der Waals surface area (Å²) in [5.74, 6) is -1.36. The molecular formula is C25H25F2N5O2. The number of carbonyl (C=O) groups is 1. The quantitative estimate of drug-likeness (QED) is 0.487. The molecule has 3 rings (SSSR count). The van der Waals surface area contributed by atoms with Crippen molar-refractivity contribution in [2.45, 2.75) is 39.2 Å². The number of carbonyl (C=O) groups excluding carboxylic acids is 1. The summed E-state index contributed by atoms with van der Waals surface area (Å²) in [5, 5.41) is 15.0. The van der Waals surface area contributed by atoms with E-state index in [-0.39, 0.29) is 23.1 Å². The second-order valence-electron chi connectivity index (χ2n) is 8.76. The Morgan fingerprint density at radius 1 is 1.15 bits per heavy atom. The van der Waals surface area contributed by atoms with Crippen LogP contribution in [0.15, 0.2) is 48.7 Å². The molecule has 1 atom stereocenters. The molecule has 2 N–H and O–H groups in total. The molecule has 0 aliphatic heterocycles. The lowest BCUT2D eigenvalue weighted by Gasteiger charge is -2.21. The van der Waals surface area contributed by atoms with E-state index >= 15 is 0 Å². The van der Waals surface area contributed by atoms with Crippen LogP contribution < -0.4 is 10.6 Å². The number of alkyl carbamates (subject to hydrolysis) is 1. The third kappa shape index (κ3) is 6.72. The van der Waals surface area contributed by atoms with Gasteiger partial charge in [0, 0.05) is 23.9 Å². The van der Waals surface area contributed by atoms with Crippen molar-refractivity contribution in [1.82, 2.24) is 15.3 Å². The van der Waals surface area contributed by atoms with Crippen molar-refractivity contribution in [2.24, 2.45) is 0 Å². The van der Waals surface area contributed by atoms with Crippen molar-refractivity contribution in [1.29, 1.82) is 5.26 Å². The second-order valence-corrected chi connectivity index (χ2v) is 8.76. The lowest BCUT2D eigenvalue weighted by atomic mass is 9.98. The molecule has 0 fully saturated rings. The molecule has 1 aromatic heterocycles. The lowest BCUT2D eigenvalue weighted by Crippen LogP contribution is -2.34. The summed E-state index contributed by atoms with van der Waals surface area (Å²) in [6.07, 6.45) is 0.871. The molecule has 0 saturated heterocycles. The SMILES string of the molecule is CC(CNC(=O)OC(C)(C)C)c1ccc(-c2nc(Nc3cc(F)cc(F)c3)ncc2C#N)cc1. The molecule has 0 saturated carbocycles. The van der Waals surface area contributed by atoms with Crippen LogP contribution in [0.3, 0.4) is 0 Å². The number of hydrogen-bond donors (Lipinski definition) is 2. The molecule has 34 heavy (non-hydrogen) atoms. The average molecular weight is 466 g/mol. The van der Waals surface area contributed by atoms with E-state index in [1.54, 1.807) is 20.8 Å². The summed E-state index contributed by atoms with van der Waals surface area (Å²) in [7, 11) is 0. The highest BCUT2D eigenvalue weighted by Gasteiger charge is 2.17. The van der Waals surface area contributed by atoms with Crippen LogP contribution in [0, 0.1) is 23.0 Å². The molecule has 3 aromatic rings. The molecule has 0 radical (unpaired) electrons. The first kappa shape index (κ1) is 24.6. The standard InChI is InChI=1S/C25H25F2N5O2/c1-15(13-30-24(33)34-25(2,3)4)16-5-7-17(8-6-16)22-18(12-28)14-29-23(32-22)31-21-10-19(26)9-20(27)11-21/h5-11,14-15H,13H2,1-4H3,(H,30,33)(H,29,31,32). The Kier molecular flexibility index (Phi) is 7.41. The zero-order valence-electron chi connectivity index (χ0n) is 19.3. The Morgan fingerprint density at radius 3 is 2.38 bits per heavy atom. The summed E-state index contributed by atoms with van der Waals surface area (Å²) in [6.45, 7) is 7.76. The van der Waals surface area contributed by atoms with Crippen LogP contribution in [-0.2, 0) is 4.74 Å². The number of aromatic nitrogens is 2. The Bertz CT molecular complexity index is 1200. The molecule has 2 aromatic carbocycles. The van der Waals surface area contributed by atoms with Crippen molar-refractivity contribution < 1.29 is 18.3 Å². The zero-order chi connectivity index (χ0) is 24.9. The monoisotopic (exact) mass is 465 g/mol. The first-order valence-corrected chi connectivity index (χ1v) is 10.6. The van der Waals surface area contributed by atoms with Crippen LogP contribution in [0.25, 0.3) is 11.3 Å². The fourth-order valence-electron chi connectivity index (χ4n) is 3.14. The highest BCUT2D eigenvalue weighted by Crippen LogP contribution is 2.26. The number of benzene rings is 2. The number of rotatable bonds is 6. The lowest BCUT2D eigenvalue weighted by molar-refractivity contribution is 0.0525. The van der Waals surface area contributed by atoms with Crippen molar-refractivity contribution in [3.63, 3.8) is 0 Å². The molecule has 9 heteroatoms. The summed E-state index contributed by atoms with van der Waals surface area (Å²) >= 11 is 0. The third-order valence-electron chi connectivity index (χ3n) is 4.73. The van der Waals surface area contributed by atoms with Gasteiger partial charge in [0.1, 0.15) is 23.3 Å². The molecule has 0 spiro atoms. The van der Waals surface area contributed by atoms with Crippen LogP contribution in [0.5, 0.6) is 0 Å². The van der Waals surface area contributed by atoms with E-state index in [2.05, 4.69) is 26.7 Å². The predicted molar refractivity (Wildman–Crippen MR) is 124 cm³/mol. The van der Waals surface area contributed by atoms with Crippen LogP contribution >= 0.6 is 0 Å². The summed E-state index contributed by atoms with van der Waals surface area (Å²) in [5.41, 5.74) is 1.85. The van der Waals surface area contributed by atoms with Crippen LogP contribution in [-0.4, -0.2) is 28.2 Å². The smallest absolute Gasteiger partial charge is 0.407 e. The number of hydrogen-bond acceptors (Lipinski definition) is 6. The van der Waals surface area contributed by atoms with Gasteiger partial charge in [0.15, 0.2) is 0 Å². The van der Waals surface area contributed by atoms with Crippen LogP contribution in [0.2, 0.25) is 0 Å². The maximum Gasteiger partial charge on any atom is 0.407 e. The number of nitrogens with one attached hydrogen (secondary N) is 2. The number of anilines is 2. The number of halogens is 2. The van der Waals surface area contributed by atoms with Crippen molar-refractivity contribution in [2.75, 3.05) is 11.9 Å². The normalized spacial score (nSPS) is 11.9. The van der Waals surface area contributed by atoms with Gasteiger partial charge in [0.25, 0.3) is 0 Å². The first-order valence-electron chi connectivity index (χ1n) is 10.6. The van der Waals surface area contributed by atoms with E-state index in [0.29, 0.717) is 17.8 Å². The molecule has 0 aliphatic carbocycles. The van der Waals surface area contributed by atoms with Gasteiger partial charge in [-0.1, -0.05) is 31.2 Å². The van der Waals surface area contributed by atoms with E-state index in [4.69, 9.17) is 4.74 Å². The van der Waals surface area contributed by atoms with Gasteiger partial charge in [-0.25, -0.2) is 23.5 Å². The van der Waals surface area contributed by atoms with Gasteiger partial charge in [0.2, 0.25) is 5.95 Å². The topological polar surface area (TPSA) is 99.9 Å². The predicted octanol–water partition coefficient (Wildman–Crippen LogP) is 5.67. The molecule has 0 bridgehead atoms. The van der Waals surface area contributed by atoms with E-state index < -0.39 is 23.3 Å². The largest absolute Gasteiger partial charge is 0.444 e. The maximum absolute atomic E-state index is 13.5. The molecule has 1 amide bonds. The van der Waals surface area contributed by atoms with Crippen molar-refractivity contribution in [3.05, 3.63) is 71.4 Å². The van der Waals surface area contributed by atoms with Crippen LogP contribution in [0.4, 0.5) is 25.2 Å². The highest BCUT2D eigenvalue weighted by atomic mass is 19.1. The number of ether oxygens (including phenoxy) is 1. The van der Waals surface area contributed by atoms with Crippen LogP contribution in [0.1, 0.15) is 44.7 Å². The Morgan fingerprint density at radius 2 is 1.79 bits per heavy atom. The Hall–Kier alpha value is -4.06. The fraction of sp³-hybridized carbons (Fsp3) is 0.280. The van der Waals surface area contributed by atoms with Gasteiger partial charge in [-0.15, -0.1) is 0 Å². The highest BCUT2D eigenvalue weighted by molar-refractivity contribution is 5.69. The van der Waals surface area contributed by atoms with E-state index in [1.165, 1.54) is 6.20 Å². The summed E-state index contributed by atoms with van der Waals surface area (Å²) < 4.78 is 32.2. The van der Waals surface area contributed by atoms with Gasteiger partial charge in [-0.3, -0.25) is 0 Å². The van der Waals surface area contributed by atoms with Gasteiger partial charge in [-0.2, -0.15) is 5.26 Å². The average Bonchev–Trinajstić information content (AvgIpc) is 2.75. The Labute approximate surface area is 196 Å². The van der Waals surface area contributed by atoms with E-state index in [9.17, 15) is 18.8 Å². The third-order valence-corrected chi connectivity index (χ3v) is 4.73. The van der Waals surface area contributed by atoms with Crippen molar-refractivity contribution >= 4 is 17.7 Å².